The molecule has 0 atom stereocenters. The van der Waals surface area contributed by atoms with E-state index in [-0.39, 0.29) is 18.4 Å². The van der Waals surface area contributed by atoms with Crippen LogP contribution < -0.4 is 10.1 Å². The number of thiocarbonyl (C=S) groups is 1. The highest BCUT2D eigenvalue weighted by atomic mass is 32.2. The molecule has 1 aliphatic rings. The summed E-state index contributed by atoms with van der Waals surface area (Å²) in [4.78, 5) is 26.6. The van der Waals surface area contributed by atoms with Crippen LogP contribution in [0.25, 0.3) is 6.08 Å². The van der Waals surface area contributed by atoms with E-state index in [2.05, 4.69) is 5.32 Å². The number of anilines is 1. The zero-order valence-electron chi connectivity index (χ0n) is 14.0. The molecule has 26 heavy (non-hydrogen) atoms. The van der Waals surface area contributed by atoms with Gasteiger partial charge in [0.1, 0.15) is 16.6 Å². The number of para-hydroxylation sites is 1. The molecule has 132 valence electrons. The Balaban J connectivity index is 1.70. The highest BCUT2D eigenvalue weighted by Gasteiger charge is 2.33. The number of carbonyl (C=O) groups is 2. The number of hydrogen-bond donors (Lipinski definition) is 1. The fourth-order valence-corrected chi connectivity index (χ4v) is 3.64. The zero-order valence-corrected chi connectivity index (χ0v) is 15.6. The lowest BCUT2D eigenvalue weighted by atomic mass is 10.2. The van der Waals surface area contributed by atoms with Crippen molar-refractivity contribution in [3.05, 3.63) is 65.1 Å². The van der Waals surface area contributed by atoms with Crippen LogP contribution in [0.2, 0.25) is 0 Å². The molecule has 0 saturated carbocycles. The summed E-state index contributed by atoms with van der Waals surface area (Å²) in [6, 6.07) is 16.5. The molecule has 0 spiro atoms. The number of nitrogens with zero attached hydrogens (tertiary/aromatic N) is 1. The van der Waals surface area contributed by atoms with Gasteiger partial charge in [-0.2, -0.15) is 0 Å². The fourth-order valence-electron chi connectivity index (χ4n) is 2.38. The van der Waals surface area contributed by atoms with E-state index >= 15 is 0 Å². The van der Waals surface area contributed by atoms with Gasteiger partial charge < -0.3 is 10.1 Å². The first kappa shape index (κ1) is 18.2. The molecule has 0 radical (unpaired) electrons. The molecule has 3 rings (SSSR count). The lowest BCUT2D eigenvalue weighted by Gasteiger charge is -2.14. The van der Waals surface area contributed by atoms with Crippen molar-refractivity contribution in [2.75, 3.05) is 19.0 Å². The predicted molar refractivity (Wildman–Crippen MR) is 108 cm³/mol. The Labute approximate surface area is 161 Å². The Morgan fingerprint density at radius 2 is 2.00 bits per heavy atom. The molecular formula is C19H16N2O3S2. The highest BCUT2D eigenvalue weighted by molar-refractivity contribution is 8.26. The minimum Gasteiger partial charge on any atom is -0.497 e. The van der Waals surface area contributed by atoms with Crippen LogP contribution in [0.1, 0.15) is 5.56 Å². The van der Waals surface area contributed by atoms with E-state index in [0.29, 0.717) is 20.7 Å². The number of methoxy groups -OCH3 is 1. The summed E-state index contributed by atoms with van der Waals surface area (Å²) in [5, 5.41) is 2.75. The van der Waals surface area contributed by atoms with Crippen LogP contribution in [-0.2, 0) is 9.59 Å². The summed E-state index contributed by atoms with van der Waals surface area (Å²) < 4.78 is 5.56. The van der Waals surface area contributed by atoms with Gasteiger partial charge in [0.25, 0.3) is 5.91 Å². The lowest BCUT2D eigenvalue weighted by molar-refractivity contribution is -0.126. The van der Waals surface area contributed by atoms with Gasteiger partial charge in [-0.05, 0) is 35.9 Å². The van der Waals surface area contributed by atoms with Gasteiger partial charge in [-0.3, -0.25) is 14.5 Å². The smallest absolute Gasteiger partial charge is 0.266 e. The van der Waals surface area contributed by atoms with Crippen LogP contribution in [0.4, 0.5) is 5.69 Å². The first-order valence-corrected chi connectivity index (χ1v) is 9.03. The van der Waals surface area contributed by atoms with Crippen molar-refractivity contribution in [2.24, 2.45) is 0 Å². The summed E-state index contributed by atoms with van der Waals surface area (Å²) >= 11 is 6.45. The molecule has 7 heteroatoms. The Bertz CT molecular complexity index is 881. The first-order valence-electron chi connectivity index (χ1n) is 7.81. The second-order valence-corrected chi connectivity index (χ2v) is 7.13. The average molecular weight is 384 g/mol. The number of ether oxygens (including phenoxy) is 1. The van der Waals surface area contributed by atoms with Gasteiger partial charge in [0.05, 0.1) is 12.0 Å². The van der Waals surface area contributed by atoms with Gasteiger partial charge >= 0.3 is 0 Å². The van der Waals surface area contributed by atoms with Gasteiger partial charge in [0.2, 0.25) is 5.91 Å². The van der Waals surface area contributed by atoms with Crippen LogP contribution in [0.15, 0.2) is 59.5 Å². The molecule has 0 unspecified atom stereocenters. The number of hydrogen-bond acceptors (Lipinski definition) is 5. The molecule has 2 amide bonds. The van der Waals surface area contributed by atoms with Crippen molar-refractivity contribution in [1.29, 1.82) is 0 Å². The lowest BCUT2D eigenvalue weighted by Crippen LogP contribution is -2.36. The maximum atomic E-state index is 12.6. The second kappa shape index (κ2) is 8.16. The second-order valence-electron chi connectivity index (χ2n) is 5.46. The molecular weight excluding hydrogens is 368 g/mol. The largest absolute Gasteiger partial charge is 0.497 e. The van der Waals surface area contributed by atoms with Crippen LogP contribution in [0.5, 0.6) is 5.75 Å². The Morgan fingerprint density at radius 3 is 2.73 bits per heavy atom. The van der Waals surface area contributed by atoms with Crippen molar-refractivity contribution in [1.82, 2.24) is 4.90 Å². The Hall–Kier alpha value is -2.64. The number of carbonyl (C=O) groups excluding carboxylic acids is 2. The van der Waals surface area contributed by atoms with Gasteiger partial charge in [-0.15, -0.1) is 0 Å². The Morgan fingerprint density at radius 1 is 1.23 bits per heavy atom. The van der Waals surface area contributed by atoms with Crippen molar-refractivity contribution in [2.45, 2.75) is 0 Å². The minimum atomic E-state index is -0.296. The molecule has 1 heterocycles. The molecule has 1 fully saturated rings. The van der Waals surface area contributed by atoms with Crippen LogP contribution >= 0.6 is 24.0 Å². The Kier molecular flexibility index (Phi) is 5.70. The highest BCUT2D eigenvalue weighted by Crippen LogP contribution is 2.32. The number of amides is 2. The first-order chi connectivity index (χ1) is 12.6. The van der Waals surface area contributed by atoms with E-state index in [0.717, 1.165) is 5.56 Å². The fraction of sp³-hybridized carbons (Fsp3) is 0.105. The van der Waals surface area contributed by atoms with Gasteiger partial charge in [0, 0.05) is 5.69 Å². The summed E-state index contributed by atoms with van der Waals surface area (Å²) in [5.41, 5.74) is 1.51. The summed E-state index contributed by atoms with van der Waals surface area (Å²) in [7, 11) is 1.59. The summed E-state index contributed by atoms with van der Waals surface area (Å²) in [5.74, 6) is 0.137. The van der Waals surface area contributed by atoms with E-state index in [1.165, 1.54) is 16.7 Å². The third kappa shape index (κ3) is 4.30. The third-order valence-electron chi connectivity index (χ3n) is 3.62. The standard InChI is InChI=1S/C19H16N2O3S2/c1-24-15-9-5-6-13(10-15)11-16-18(23)21(19(25)26-16)12-17(22)20-14-7-3-2-4-8-14/h2-11H,12H2,1H3,(H,20,22)/b16-11-. The maximum Gasteiger partial charge on any atom is 0.266 e. The molecule has 1 aliphatic heterocycles. The van der Waals surface area contributed by atoms with Crippen molar-refractivity contribution in [3.8, 4) is 5.75 Å². The monoisotopic (exact) mass is 384 g/mol. The van der Waals surface area contributed by atoms with Gasteiger partial charge in [-0.1, -0.05) is 54.3 Å². The van der Waals surface area contributed by atoms with Crippen LogP contribution in [-0.4, -0.2) is 34.7 Å². The molecule has 1 N–H and O–H groups in total. The molecule has 2 aromatic rings. The van der Waals surface area contributed by atoms with Crippen LogP contribution in [0.3, 0.4) is 0 Å². The topological polar surface area (TPSA) is 58.6 Å². The van der Waals surface area contributed by atoms with E-state index in [9.17, 15) is 9.59 Å². The number of benzene rings is 2. The normalized spacial score (nSPS) is 15.4. The summed E-state index contributed by atoms with van der Waals surface area (Å²) in [6.07, 6.45) is 1.75. The molecule has 0 bridgehead atoms. The van der Waals surface area contributed by atoms with Crippen LogP contribution in [0, 0.1) is 0 Å². The quantitative estimate of drug-likeness (QED) is 0.631. The van der Waals surface area contributed by atoms with E-state index < -0.39 is 0 Å². The average Bonchev–Trinajstić information content (AvgIpc) is 2.90. The van der Waals surface area contributed by atoms with Crippen molar-refractivity contribution >= 4 is 51.9 Å². The zero-order chi connectivity index (χ0) is 18.5. The molecule has 0 aromatic heterocycles. The predicted octanol–water partition coefficient (Wildman–Crippen LogP) is 3.54. The van der Waals surface area contributed by atoms with E-state index in [1.807, 2.05) is 42.5 Å². The maximum absolute atomic E-state index is 12.6. The number of thioether (sulfide) groups is 1. The van der Waals surface area contributed by atoms with Gasteiger partial charge in [0.15, 0.2) is 0 Å². The third-order valence-corrected chi connectivity index (χ3v) is 5.00. The van der Waals surface area contributed by atoms with Crippen molar-refractivity contribution < 1.29 is 14.3 Å². The van der Waals surface area contributed by atoms with E-state index in [1.54, 1.807) is 25.3 Å². The molecule has 0 aliphatic carbocycles. The molecule has 1 saturated heterocycles. The SMILES string of the molecule is COc1cccc(/C=C2\SC(=S)N(CC(=O)Nc3ccccc3)C2=O)c1. The van der Waals surface area contributed by atoms with Crippen molar-refractivity contribution in [3.63, 3.8) is 0 Å². The molecule has 2 aromatic carbocycles. The summed E-state index contributed by atoms with van der Waals surface area (Å²) in [6.45, 7) is -0.116. The van der Waals surface area contributed by atoms with E-state index in [4.69, 9.17) is 17.0 Å². The number of rotatable bonds is 5. The molecule has 5 nitrogen and oxygen atoms in total. The minimum absolute atomic E-state index is 0.116. The van der Waals surface area contributed by atoms with Gasteiger partial charge in [-0.25, -0.2) is 0 Å². The number of nitrogens with one attached hydrogen (secondary N) is 1.